The molecule has 1 aromatic heterocycles. The van der Waals surface area contributed by atoms with Gasteiger partial charge in [0.15, 0.2) is 0 Å². The van der Waals surface area contributed by atoms with E-state index in [0.717, 1.165) is 16.3 Å². The monoisotopic (exact) mass is 280 g/mol. The molecule has 2 aromatic rings. The number of hydrogen-bond acceptors (Lipinski definition) is 4. The van der Waals surface area contributed by atoms with E-state index in [-0.39, 0.29) is 12.2 Å². The van der Waals surface area contributed by atoms with Crippen LogP contribution < -0.4 is 5.32 Å². The molecule has 0 saturated carbocycles. The summed E-state index contributed by atoms with van der Waals surface area (Å²) in [6.45, 7) is 0.948. The molecule has 0 amide bonds. The minimum absolute atomic E-state index is 0.0922. The second-order valence-electron chi connectivity index (χ2n) is 3.97. The van der Waals surface area contributed by atoms with E-state index in [0.29, 0.717) is 13.1 Å². The molecule has 0 fully saturated rings. The van der Waals surface area contributed by atoms with Gasteiger partial charge in [0.2, 0.25) is 0 Å². The van der Waals surface area contributed by atoms with Crippen LogP contribution in [0.5, 0.6) is 0 Å². The summed E-state index contributed by atoms with van der Waals surface area (Å²) in [7, 11) is 0. The van der Waals surface area contributed by atoms with Crippen LogP contribution in [0.4, 0.5) is 4.39 Å². The average molecular weight is 280 g/mol. The van der Waals surface area contributed by atoms with Gasteiger partial charge in [-0.15, -0.1) is 11.3 Å². The first-order valence-electron chi connectivity index (χ1n) is 5.78. The number of carboxylic acid groups (broad SMARTS) is 1. The molecule has 0 bridgehead atoms. The molecule has 0 spiro atoms. The highest BCUT2D eigenvalue weighted by Gasteiger charge is 2.05. The fourth-order valence-corrected chi connectivity index (χ4v) is 2.35. The molecule has 19 heavy (non-hydrogen) atoms. The summed E-state index contributed by atoms with van der Waals surface area (Å²) in [5, 5.41) is 14.2. The summed E-state index contributed by atoms with van der Waals surface area (Å²) in [6.07, 6.45) is 0.0922. The number of carbonyl (C=O) groups is 1. The Labute approximate surface area is 113 Å². The van der Waals surface area contributed by atoms with E-state index >= 15 is 0 Å². The molecule has 1 heterocycles. The van der Waals surface area contributed by atoms with Gasteiger partial charge in [-0.1, -0.05) is 0 Å². The van der Waals surface area contributed by atoms with Crippen molar-refractivity contribution in [2.24, 2.45) is 0 Å². The standard InChI is InChI=1S/C13H13FN2O2S/c14-10-3-1-9(2-4-10)13-16-11(8-19-13)7-15-6-5-12(17)18/h1-4,8,15H,5-7H2,(H,17,18). The molecule has 0 radical (unpaired) electrons. The van der Waals surface area contributed by atoms with E-state index in [1.165, 1.54) is 23.5 Å². The highest BCUT2D eigenvalue weighted by atomic mass is 32.1. The van der Waals surface area contributed by atoms with Crippen LogP contribution in [0.15, 0.2) is 29.6 Å². The Bertz CT molecular complexity index is 554. The molecule has 100 valence electrons. The minimum atomic E-state index is -0.822. The molecular formula is C13H13FN2O2S. The molecule has 0 aliphatic rings. The van der Waals surface area contributed by atoms with Crippen LogP contribution in [0.3, 0.4) is 0 Å². The third-order valence-electron chi connectivity index (χ3n) is 2.46. The lowest BCUT2D eigenvalue weighted by atomic mass is 10.2. The number of benzene rings is 1. The van der Waals surface area contributed by atoms with E-state index in [4.69, 9.17) is 5.11 Å². The lowest BCUT2D eigenvalue weighted by Gasteiger charge is -1.99. The van der Waals surface area contributed by atoms with Crippen molar-refractivity contribution in [3.05, 3.63) is 41.2 Å². The quantitative estimate of drug-likeness (QED) is 0.798. The number of hydrogen-bond donors (Lipinski definition) is 2. The van der Waals surface area contributed by atoms with Gasteiger partial charge in [0.05, 0.1) is 12.1 Å². The average Bonchev–Trinajstić information content (AvgIpc) is 2.84. The summed E-state index contributed by atoms with van der Waals surface area (Å²) in [5.74, 6) is -1.09. The van der Waals surface area contributed by atoms with E-state index < -0.39 is 5.97 Å². The van der Waals surface area contributed by atoms with Gasteiger partial charge in [-0.3, -0.25) is 4.79 Å². The first-order chi connectivity index (χ1) is 9.15. The van der Waals surface area contributed by atoms with Crippen molar-refractivity contribution in [1.29, 1.82) is 0 Å². The van der Waals surface area contributed by atoms with Crippen molar-refractivity contribution in [3.63, 3.8) is 0 Å². The zero-order valence-corrected chi connectivity index (χ0v) is 10.9. The number of thiazole rings is 1. The molecule has 0 aliphatic heterocycles. The number of aromatic nitrogens is 1. The van der Waals surface area contributed by atoms with E-state index in [1.54, 1.807) is 12.1 Å². The molecule has 1 aromatic carbocycles. The number of aliphatic carboxylic acids is 1. The van der Waals surface area contributed by atoms with Crippen LogP contribution in [0.25, 0.3) is 10.6 Å². The first kappa shape index (κ1) is 13.6. The maximum atomic E-state index is 12.8. The van der Waals surface area contributed by atoms with Crippen LogP contribution in [0.2, 0.25) is 0 Å². The predicted octanol–water partition coefficient (Wildman–Crippen LogP) is 2.51. The zero-order valence-electron chi connectivity index (χ0n) is 10.1. The second-order valence-corrected chi connectivity index (χ2v) is 4.83. The van der Waals surface area contributed by atoms with E-state index in [2.05, 4.69) is 10.3 Å². The van der Waals surface area contributed by atoms with Crippen LogP contribution in [-0.2, 0) is 11.3 Å². The summed E-state index contributed by atoms with van der Waals surface area (Å²) in [6, 6.07) is 6.19. The molecule has 2 rings (SSSR count). The predicted molar refractivity (Wildman–Crippen MR) is 71.5 cm³/mol. The van der Waals surface area contributed by atoms with Crippen LogP contribution in [0, 0.1) is 5.82 Å². The van der Waals surface area contributed by atoms with Crippen molar-refractivity contribution in [2.45, 2.75) is 13.0 Å². The third kappa shape index (κ3) is 4.11. The van der Waals surface area contributed by atoms with Gasteiger partial charge in [0, 0.05) is 24.0 Å². The van der Waals surface area contributed by atoms with Crippen LogP contribution in [0.1, 0.15) is 12.1 Å². The van der Waals surface area contributed by atoms with E-state index in [1.807, 2.05) is 5.38 Å². The SMILES string of the molecule is O=C(O)CCNCc1csc(-c2ccc(F)cc2)n1. The second kappa shape index (κ2) is 6.40. The molecule has 0 saturated heterocycles. The normalized spacial score (nSPS) is 10.6. The Morgan fingerprint density at radius 2 is 2.11 bits per heavy atom. The van der Waals surface area contributed by atoms with Crippen molar-refractivity contribution in [2.75, 3.05) is 6.54 Å². The maximum absolute atomic E-state index is 12.8. The Morgan fingerprint density at radius 3 is 2.79 bits per heavy atom. The Kier molecular flexibility index (Phi) is 4.59. The third-order valence-corrected chi connectivity index (χ3v) is 3.40. The fraction of sp³-hybridized carbons (Fsp3) is 0.231. The van der Waals surface area contributed by atoms with Gasteiger partial charge in [0.1, 0.15) is 10.8 Å². The van der Waals surface area contributed by atoms with Crippen molar-refractivity contribution >= 4 is 17.3 Å². The topological polar surface area (TPSA) is 62.2 Å². The minimum Gasteiger partial charge on any atom is -0.481 e. The molecule has 0 aliphatic carbocycles. The molecule has 2 N–H and O–H groups in total. The van der Waals surface area contributed by atoms with Gasteiger partial charge in [-0.2, -0.15) is 0 Å². The van der Waals surface area contributed by atoms with Crippen LogP contribution >= 0.6 is 11.3 Å². The summed E-state index contributed by atoms with van der Waals surface area (Å²) < 4.78 is 12.8. The maximum Gasteiger partial charge on any atom is 0.304 e. The molecule has 0 unspecified atom stereocenters. The van der Waals surface area contributed by atoms with E-state index in [9.17, 15) is 9.18 Å². The smallest absolute Gasteiger partial charge is 0.304 e. The van der Waals surface area contributed by atoms with Crippen molar-refractivity contribution in [3.8, 4) is 10.6 Å². The van der Waals surface area contributed by atoms with Gasteiger partial charge in [-0.25, -0.2) is 9.37 Å². The first-order valence-corrected chi connectivity index (χ1v) is 6.66. The number of halogens is 1. The highest BCUT2D eigenvalue weighted by molar-refractivity contribution is 7.13. The Morgan fingerprint density at radius 1 is 1.37 bits per heavy atom. The highest BCUT2D eigenvalue weighted by Crippen LogP contribution is 2.23. The number of nitrogens with one attached hydrogen (secondary N) is 1. The van der Waals surface area contributed by atoms with Crippen molar-refractivity contribution < 1.29 is 14.3 Å². The Balaban J connectivity index is 1.91. The fourth-order valence-electron chi connectivity index (χ4n) is 1.53. The molecular weight excluding hydrogens is 267 g/mol. The zero-order chi connectivity index (χ0) is 13.7. The lowest BCUT2D eigenvalue weighted by molar-refractivity contribution is -0.136. The van der Waals surface area contributed by atoms with Gasteiger partial charge >= 0.3 is 5.97 Å². The van der Waals surface area contributed by atoms with Gasteiger partial charge in [-0.05, 0) is 24.3 Å². The summed E-state index contributed by atoms with van der Waals surface area (Å²) >= 11 is 1.48. The summed E-state index contributed by atoms with van der Waals surface area (Å²) in [5.41, 5.74) is 1.73. The van der Waals surface area contributed by atoms with Gasteiger partial charge in [0.25, 0.3) is 0 Å². The van der Waals surface area contributed by atoms with Gasteiger partial charge < -0.3 is 10.4 Å². The van der Waals surface area contributed by atoms with Crippen molar-refractivity contribution in [1.82, 2.24) is 10.3 Å². The molecule has 6 heteroatoms. The summed E-state index contributed by atoms with van der Waals surface area (Å²) in [4.78, 5) is 14.8. The number of rotatable bonds is 6. The largest absolute Gasteiger partial charge is 0.481 e. The van der Waals surface area contributed by atoms with Crippen LogP contribution in [-0.4, -0.2) is 22.6 Å². The number of carboxylic acids is 1. The Hall–Kier alpha value is -1.79. The molecule has 4 nitrogen and oxygen atoms in total. The molecule has 0 atom stereocenters. The lowest BCUT2D eigenvalue weighted by Crippen LogP contribution is -2.17. The number of nitrogens with zero attached hydrogens (tertiary/aromatic N) is 1.